The second-order valence-electron chi connectivity index (χ2n) is 5.66. The molecule has 1 aromatic heterocycles. The molecule has 0 amide bonds. The monoisotopic (exact) mass is 344 g/mol. The zero-order valence-electron chi connectivity index (χ0n) is 15.0. The summed E-state index contributed by atoms with van der Waals surface area (Å²) in [6.07, 6.45) is 1.78. The molecule has 0 radical (unpaired) electrons. The molecule has 0 atom stereocenters. The van der Waals surface area contributed by atoms with Gasteiger partial charge < -0.3 is 15.0 Å². The molecule has 25 heavy (non-hydrogen) atoms. The molecule has 0 aliphatic carbocycles. The third-order valence-electron chi connectivity index (χ3n) is 3.70. The summed E-state index contributed by atoms with van der Waals surface area (Å²) in [5.74, 6) is 1.19. The van der Waals surface area contributed by atoms with E-state index in [9.17, 15) is 4.39 Å². The molecule has 1 heterocycles. The number of rotatable bonds is 7. The smallest absolute Gasteiger partial charge is 0.194 e. The third-order valence-corrected chi connectivity index (χ3v) is 3.70. The van der Waals surface area contributed by atoms with Crippen molar-refractivity contribution in [2.24, 2.45) is 4.99 Å². The zero-order valence-corrected chi connectivity index (χ0v) is 15.0. The van der Waals surface area contributed by atoms with Gasteiger partial charge in [0.2, 0.25) is 0 Å². The lowest BCUT2D eigenvalue weighted by atomic mass is 10.2. The Morgan fingerprint density at radius 1 is 1.28 bits per heavy atom. The quantitative estimate of drug-likeness (QED) is 0.620. The van der Waals surface area contributed by atoms with Crippen LogP contribution in [0.3, 0.4) is 0 Å². The highest BCUT2D eigenvalue weighted by Gasteiger charge is 2.07. The van der Waals surface area contributed by atoms with Crippen molar-refractivity contribution in [3.8, 4) is 5.75 Å². The van der Waals surface area contributed by atoms with Gasteiger partial charge in [0.1, 0.15) is 18.2 Å². The Kier molecular flexibility index (Phi) is 7.19. The average molecular weight is 344 g/mol. The summed E-state index contributed by atoms with van der Waals surface area (Å²) in [5, 5.41) is 3.27. The van der Waals surface area contributed by atoms with Crippen LogP contribution in [0.25, 0.3) is 0 Å². The fourth-order valence-corrected chi connectivity index (χ4v) is 2.24. The van der Waals surface area contributed by atoms with E-state index in [0.29, 0.717) is 25.4 Å². The Bertz CT molecular complexity index is 688. The number of hydrogen-bond acceptors (Lipinski definition) is 3. The van der Waals surface area contributed by atoms with Crippen LogP contribution in [0.2, 0.25) is 0 Å². The number of benzene rings is 1. The van der Waals surface area contributed by atoms with Crippen LogP contribution in [0.5, 0.6) is 5.75 Å². The molecule has 1 N–H and O–H groups in total. The molecule has 0 fully saturated rings. The van der Waals surface area contributed by atoms with Crippen LogP contribution >= 0.6 is 0 Å². The van der Waals surface area contributed by atoms with Gasteiger partial charge in [-0.2, -0.15) is 0 Å². The summed E-state index contributed by atoms with van der Waals surface area (Å²) in [7, 11) is 1.96. The molecule has 2 aromatic rings. The molecule has 0 saturated carbocycles. The highest BCUT2D eigenvalue weighted by Crippen LogP contribution is 2.11. The first kappa shape index (κ1) is 18.7. The van der Waals surface area contributed by atoms with Gasteiger partial charge in [-0.05, 0) is 49.7 Å². The lowest BCUT2D eigenvalue weighted by molar-refractivity contribution is 0.281. The number of likely N-dealkylation sites (N-methyl/N-ethyl adjacent to an activating group) is 1. The number of aryl methyl sites for hydroxylation is 1. The highest BCUT2D eigenvalue weighted by molar-refractivity contribution is 5.79. The minimum absolute atomic E-state index is 0.268. The number of hydrogen-bond donors (Lipinski definition) is 1. The van der Waals surface area contributed by atoms with Crippen molar-refractivity contribution in [1.82, 2.24) is 15.2 Å². The maximum absolute atomic E-state index is 12.9. The SMILES string of the molecule is CCNC(=NCc1ncccc1C)N(C)CCOc1ccc(F)cc1. The topological polar surface area (TPSA) is 49.8 Å². The van der Waals surface area contributed by atoms with Crippen LogP contribution in [0, 0.1) is 12.7 Å². The van der Waals surface area contributed by atoms with Gasteiger partial charge >= 0.3 is 0 Å². The normalized spacial score (nSPS) is 11.3. The molecule has 134 valence electrons. The number of aliphatic imine (C=N–C) groups is 1. The average Bonchev–Trinajstić information content (AvgIpc) is 2.61. The summed E-state index contributed by atoms with van der Waals surface area (Å²) in [6.45, 7) is 6.51. The molecule has 0 aliphatic rings. The van der Waals surface area contributed by atoms with Crippen LogP contribution in [-0.4, -0.2) is 42.6 Å². The number of nitrogens with one attached hydrogen (secondary N) is 1. The second kappa shape index (κ2) is 9.61. The van der Waals surface area contributed by atoms with Gasteiger partial charge in [0, 0.05) is 19.8 Å². The van der Waals surface area contributed by atoms with Crippen molar-refractivity contribution in [3.63, 3.8) is 0 Å². The van der Waals surface area contributed by atoms with Crippen molar-refractivity contribution in [2.75, 3.05) is 26.7 Å². The highest BCUT2D eigenvalue weighted by atomic mass is 19.1. The van der Waals surface area contributed by atoms with Crippen molar-refractivity contribution in [2.45, 2.75) is 20.4 Å². The summed E-state index contributed by atoms with van der Waals surface area (Å²) in [6, 6.07) is 9.98. The first-order chi connectivity index (χ1) is 12.1. The van der Waals surface area contributed by atoms with Crippen LogP contribution < -0.4 is 10.1 Å². The van der Waals surface area contributed by atoms with E-state index in [1.54, 1.807) is 18.3 Å². The third kappa shape index (κ3) is 6.06. The lowest BCUT2D eigenvalue weighted by Gasteiger charge is -2.22. The minimum Gasteiger partial charge on any atom is -0.492 e. The maximum atomic E-state index is 12.9. The molecule has 0 saturated heterocycles. The number of ether oxygens (including phenoxy) is 1. The molecule has 0 aliphatic heterocycles. The Morgan fingerprint density at radius 2 is 2.04 bits per heavy atom. The molecule has 5 nitrogen and oxygen atoms in total. The number of halogens is 1. The van der Waals surface area contributed by atoms with Crippen LogP contribution in [-0.2, 0) is 6.54 Å². The molecular weight excluding hydrogens is 319 g/mol. The Morgan fingerprint density at radius 3 is 2.72 bits per heavy atom. The Hall–Kier alpha value is -2.63. The van der Waals surface area contributed by atoms with Gasteiger partial charge in [0.25, 0.3) is 0 Å². The number of guanidine groups is 1. The first-order valence-electron chi connectivity index (χ1n) is 8.38. The second-order valence-corrected chi connectivity index (χ2v) is 5.66. The van der Waals surface area contributed by atoms with E-state index in [0.717, 1.165) is 23.8 Å². The van der Waals surface area contributed by atoms with Gasteiger partial charge in [0.15, 0.2) is 5.96 Å². The number of pyridine rings is 1. The van der Waals surface area contributed by atoms with E-state index in [-0.39, 0.29) is 5.82 Å². The van der Waals surface area contributed by atoms with Crippen molar-refractivity contribution in [3.05, 3.63) is 59.7 Å². The maximum Gasteiger partial charge on any atom is 0.194 e. The van der Waals surface area contributed by atoms with E-state index >= 15 is 0 Å². The van der Waals surface area contributed by atoms with E-state index in [1.165, 1.54) is 12.1 Å². The van der Waals surface area contributed by atoms with Gasteiger partial charge in [-0.15, -0.1) is 0 Å². The molecule has 0 spiro atoms. The standard InChI is InChI=1S/C19H25FN4O/c1-4-21-19(23-14-18-15(2)6-5-11-22-18)24(3)12-13-25-17-9-7-16(20)8-10-17/h5-11H,4,12-14H2,1-3H3,(H,21,23). The molecule has 0 unspecified atom stereocenters. The Labute approximate surface area is 148 Å². The fourth-order valence-electron chi connectivity index (χ4n) is 2.24. The molecule has 1 aromatic carbocycles. The molecule has 6 heteroatoms. The largest absolute Gasteiger partial charge is 0.492 e. The summed E-state index contributed by atoms with van der Waals surface area (Å²) >= 11 is 0. The van der Waals surface area contributed by atoms with E-state index in [2.05, 4.69) is 15.3 Å². The fraction of sp³-hybridized carbons (Fsp3) is 0.368. The summed E-state index contributed by atoms with van der Waals surface area (Å²) in [5.41, 5.74) is 2.10. The number of aromatic nitrogens is 1. The van der Waals surface area contributed by atoms with Crippen LogP contribution in [0.4, 0.5) is 4.39 Å². The molecular formula is C19H25FN4O. The first-order valence-corrected chi connectivity index (χ1v) is 8.38. The summed E-state index contributed by atoms with van der Waals surface area (Å²) in [4.78, 5) is 11.0. The van der Waals surface area contributed by atoms with Gasteiger partial charge in [-0.1, -0.05) is 6.07 Å². The van der Waals surface area contributed by atoms with Crippen molar-refractivity contribution < 1.29 is 9.13 Å². The van der Waals surface area contributed by atoms with Gasteiger partial charge in [-0.25, -0.2) is 9.38 Å². The van der Waals surface area contributed by atoms with Crippen molar-refractivity contribution >= 4 is 5.96 Å². The molecule has 2 rings (SSSR count). The van der Waals surface area contributed by atoms with Crippen LogP contribution in [0.1, 0.15) is 18.2 Å². The predicted molar refractivity (Wildman–Crippen MR) is 98.3 cm³/mol. The summed E-state index contributed by atoms with van der Waals surface area (Å²) < 4.78 is 18.5. The van der Waals surface area contributed by atoms with Crippen LogP contribution in [0.15, 0.2) is 47.6 Å². The van der Waals surface area contributed by atoms with Gasteiger partial charge in [-0.3, -0.25) is 4.98 Å². The number of nitrogens with zero attached hydrogens (tertiary/aromatic N) is 3. The van der Waals surface area contributed by atoms with Gasteiger partial charge in [0.05, 0.1) is 18.8 Å². The van der Waals surface area contributed by atoms with E-state index < -0.39 is 0 Å². The van der Waals surface area contributed by atoms with E-state index in [4.69, 9.17) is 4.74 Å². The minimum atomic E-state index is -0.268. The predicted octanol–water partition coefficient (Wildman–Crippen LogP) is 3.01. The van der Waals surface area contributed by atoms with E-state index in [1.807, 2.05) is 37.9 Å². The zero-order chi connectivity index (χ0) is 18.1. The molecule has 0 bridgehead atoms. The van der Waals surface area contributed by atoms with Crippen molar-refractivity contribution in [1.29, 1.82) is 0 Å². The lowest BCUT2D eigenvalue weighted by Crippen LogP contribution is -2.40. The Balaban J connectivity index is 1.90.